The van der Waals surface area contributed by atoms with Crippen LogP contribution in [0.3, 0.4) is 0 Å². The van der Waals surface area contributed by atoms with Gasteiger partial charge in [-0.25, -0.2) is 16.8 Å². The third-order valence-electron chi connectivity index (χ3n) is 5.79. The Morgan fingerprint density at radius 3 is 2.51 bits per heavy atom. The maximum atomic E-state index is 13.1. The standard InChI is InChI=1S/C24H21ClN4O4S2/c25-22-10-5-17(16-21(22)24-20-4-3-12-26-23(20)11-13-27-24)28-35(32,33)19-8-6-18(7-9-19)29-14-1-2-15-34(29,30)31/h3-13,16,28H,1-2,14-15H2. The lowest BCUT2D eigenvalue weighted by atomic mass is 10.1. The summed E-state index contributed by atoms with van der Waals surface area (Å²) in [4.78, 5) is 8.79. The van der Waals surface area contributed by atoms with Gasteiger partial charge < -0.3 is 0 Å². The summed E-state index contributed by atoms with van der Waals surface area (Å²) in [5.41, 5.74) is 2.67. The van der Waals surface area contributed by atoms with Gasteiger partial charge >= 0.3 is 0 Å². The molecule has 0 radical (unpaired) electrons. The van der Waals surface area contributed by atoms with E-state index in [1.807, 2.05) is 6.07 Å². The van der Waals surface area contributed by atoms with Gasteiger partial charge in [-0.3, -0.25) is 19.0 Å². The molecule has 0 saturated carbocycles. The molecule has 2 aromatic heterocycles. The van der Waals surface area contributed by atoms with Crippen LogP contribution in [0.2, 0.25) is 5.02 Å². The third-order valence-corrected chi connectivity index (χ3v) is 9.38. The van der Waals surface area contributed by atoms with Crippen LogP contribution < -0.4 is 9.03 Å². The van der Waals surface area contributed by atoms with E-state index in [1.165, 1.54) is 28.6 Å². The Balaban J connectivity index is 1.44. The number of aromatic nitrogens is 2. The molecule has 1 aliphatic rings. The van der Waals surface area contributed by atoms with Crippen molar-refractivity contribution in [3.05, 3.63) is 78.1 Å². The van der Waals surface area contributed by atoms with Gasteiger partial charge in [0.2, 0.25) is 10.0 Å². The Morgan fingerprint density at radius 2 is 1.74 bits per heavy atom. The molecule has 0 bridgehead atoms. The number of halogens is 1. The van der Waals surface area contributed by atoms with Crippen LogP contribution in [0.4, 0.5) is 11.4 Å². The minimum Gasteiger partial charge on any atom is -0.280 e. The summed E-state index contributed by atoms with van der Waals surface area (Å²) in [6.45, 7) is 0.387. The van der Waals surface area contributed by atoms with Crippen LogP contribution in [-0.2, 0) is 20.0 Å². The highest BCUT2D eigenvalue weighted by Gasteiger charge is 2.26. The summed E-state index contributed by atoms with van der Waals surface area (Å²) in [7, 11) is -7.32. The van der Waals surface area contributed by atoms with Gasteiger partial charge in [0.25, 0.3) is 10.0 Å². The number of sulfonamides is 2. The fourth-order valence-corrected chi connectivity index (χ4v) is 6.97. The molecule has 0 atom stereocenters. The second kappa shape index (κ2) is 9.10. The van der Waals surface area contributed by atoms with Crippen molar-refractivity contribution in [2.75, 3.05) is 21.3 Å². The maximum absolute atomic E-state index is 13.1. The van der Waals surface area contributed by atoms with Crippen molar-refractivity contribution in [2.24, 2.45) is 0 Å². The van der Waals surface area contributed by atoms with E-state index in [1.54, 1.807) is 42.7 Å². The molecule has 35 heavy (non-hydrogen) atoms. The molecule has 4 aromatic rings. The monoisotopic (exact) mass is 528 g/mol. The van der Waals surface area contributed by atoms with E-state index in [9.17, 15) is 16.8 Å². The fraction of sp³-hybridized carbons (Fsp3) is 0.167. The summed E-state index contributed by atoms with van der Waals surface area (Å²) in [5.74, 6) is 0.0924. The third kappa shape index (κ3) is 4.69. The van der Waals surface area contributed by atoms with Gasteiger partial charge in [-0.2, -0.15) is 0 Å². The first-order valence-electron chi connectivity index (χ1n) is 10.9. The lowest BCUT2D eigenvalue weighted by Gasteiger charge is -2.28. The zero-order valence-corrected chi connectivity index (χ0v) is 20.8. The maximum Gasteiger partial charge on any atom is 0.261 e. The molecule has 3 heterocycles. The molecule has 11 heteroatoms. The van der Waals surface area contributed by atoms with Crippen molar-refractivity contribution >= 4 is 53.9 Å². The molecule has 1 aliphatic heterocycles. The molecular formula is C24H21ClN4O4S2. The van der Waals surface area contributed by atoms with Gasteiger partial charge in [0.1, 0.15) is 0 Å². The van der Waals surface area contributed by atoms with E-state index in [2.05, 4.69) is 14.7 Å². The van der Waals surface area contributed by atoms with Gasteiger partial charge in [0.15, 0.2) is 0 Å². The lowest BCUT2D eigenvalue weighted by Crippen LogP contribution is -2.37. The average Bonchev–Trinajstić information content (AvgIpc) is 2.85. The van der Waals surface area contributed by atoms with Crippen molar-refractivity contribution in [3.8, 4) is 11.3 Å². The van der Waals surface area contributed by atoms with Crippen molar-refractivity contribution in [2.45, 2.75) is 17.7 Å². The number of hydrogen-bond donors (Lipinski definition) is 1. The van der Waals surface area contributed by atoms with Crippen LogP contribution in [0.5, 0.6) is 0 Å². The Hall–Kier alpha value is -3.21. The number of hydrogen-bond acceptors (Lipinski definition) is 6. The Kier molecular flexibility index (Phi) is 6.12. The first-order chi connectivity index (χ1) is 16.7. The second-order valence-electron chi connectivity index (χ2n) is 8.12. The SMILES string of the molecule is O=S(=O)(Nc1ccc(Cl)c(-c2nccc3ncccc23)c1)c1ccc(N2CCCCS2(=O)=O)cc1. The number of nitrogens with one attached hydrogen (secondary N) is 1. The molecule has 1 fully saturated rings. The zero-order chi connectivity index (χ0) is 24.6. The Labute approximate surface area is 208 Å². The van der Waals surface area contributed by atoms with E-state index in [-0.39, 0.29) is 10.6 Å². The summed E-state index contributed by atoms with van der Waals surface area (Å²) >= 11 is 6.44. The fourth-order valence-electron chi connectivity index (χ4n) is 4.07. The van der Waals surface area contributed by atoms with Crippen molar-refractivity contribution in [3.63, 3.8) is 0 Å². The van der Waals surface area contributed by atoms with E-state index in [4.69, 9.17) is 11.6 Å². The Morgan fingerprint density at radius 1 is 0.943 bits per heavy atom. The highest BCUT2D eigenvalue weighted by atomic mass is 35.5. The van der Waals surface area contributed by atoms with Crippen molar-refractivity contribution in [1.29, 1.82) is 0 Å². The van der Waals surface area contributed by atoms with Crippen LogP contribution in [-0.4, -0.2) is 39.1 Å². The predicted octanol–water partition coefficient (Wildman–Crippen LogP) is 4.68. The van der Waals surface area contributed by atoms with Crippen LogP contribution in [0.15, 0.2) is 78.0 Å². The average molecular weight is 529 g/mol. The normalized spacial score (nSPS) is 15.7. The Bertz CT molecular complexity index is 1620. The first kappa shape index (κ1) is 23.5. The summed E-state index contributed by atoms with van der Waals surface area (Å²) in [6.07, 6.45) is 4.70. The number of anilines is 2. The molecule has 0 aliphatic carbocycles. The predicted molar refractivity (Wildman–Crippen MR) is 138 cm³/mol. The largest absolute Gasteiger partial charge is 0.280 e. The first-order valence-corrected chi connectivity index (χ1v) is 14.3. The van der Waals surface area contributed by atoms with Gasteiger partial charge in [0.05, 0.1) is 32.6 Å². The highest BCUT2D eigenvalue weighted by Crippen LogP contribution is 2.34. The quantitative estimate of drug-likeness (QED) is 0.403. The van der Waals surface area contributed by atoms with Crippen LogP contribution in [0.25, 0.3) is 22.2 Å². The van der Waals surface area contributed by atoms with E-state index < -0.39 is 20.0 Å². The van der Waals surface area contributed by atoms with E-state index in [0.29, 0.717) is 40.6 Å². The molecule has 2 aromatic carbocycles. The summed E-state index contributed by atoms with van der Waals surface area (Å²) in [6, 6.07) is 16.1. The molecule has 180 valence electrons. The molecular weight excluding hydrogens is 508 g/mol. The minimum absolute atomic E-state index is 0.0136. The molecule has 0 amide bonds. The van der Waals surface area contributed by atoms with Crippen LogP contribution >= 0.6 is 11.6 Å². The minimum atomic E-state index is -3.94. The number of benzene rings is 2. The topological polar surface area (TPSA) is 109 Å². The number of fused-ring (bicyclic) bond motifs is 1. The molecule has 0 spiro atoms. The zero-order valence-electron chi connectivity index (χ0n) is 18.4. The molecule has 0 unspecified atom stereocenters. The highest BCUT2D eigenvalue weighted by molar-refractivity contribution is 7.93. The van der Waals surface area contributed by atoms with Gasteiger partial charge in [-0.15, -0.1) is 0 Å². The number of rotatable bonds is 5. The molecule has 1 N–H and O–H groups in total. The summed E-state index contributed by atoms with van der Waals surface area (Å²) < 4.78 is 54.7. The van der Waals surface area contributed by atoms with Gasteiger partial charge in [-0.05, 0) is 73.5 Å². The molecule has 1 saturated heterocycles. The van der Waals surface area contributed by atoms with E-state index in [0.717, 1.165) is 17.3 Å². The molecule has 5 rings (SSSR count). The lowest BCUT2D eigenvalue weighted by molar-refractivity contribution is 0.574. The number of pyridine rings is 2. The van der Waals surface area contributed by atoms with Gasteiger partial charge in [-0.1, -0.05) is 11.6 Å². The summed E-state index contributed by atoms with van der Waals surface area (Å²) in [5, 5.41) is 1.21. The smallest absolute Gasteiger partial charge is 0.261 e. The number of nitrogens with zero attached hydrogens (tertiary/aromatic N) is 3. The van der Waals surface area contributed by atoms with Crippen molar-refractivity contribution in [1.82, 2.24) is 9.97 Å². The van der Waals surface area contributed by atoms with Crippen LogP contribution in [0, 0.1) is 0 Å². The molecule has 8 nitrogen and oxygen atoms in total. The second-order valence-corrected chi connectivity index (χ2v) is 12.2. The van der Waals surface area contributed by atoms with Crippen molar-refractivity contribution < 1.29 is 16.8 Å². The van der Waals surface area contributed by atoms with Gasteiger partial charge in [0, 0.05) is 35.6 Å². The van der Waals surface area contributed by atoms with E-state index >= 15 is 0 Å². The van der Waals surface area contributed by atoms with Crippen LogP contribution in [0.1, 0.15) is 12.8 Å².